The number of fused-ring (bicyclic) bond motifs is 1. The molecule has 0 heterocycles. The highest BCUT2D eigenvalue weighted by Gasteiger charge is 2.10. The van der Waals surface area contributed by atoms with Gasteiger partial charge in [-0.3, -0.25) is 0 Å². The number of aromatic carboxylic acids is 1. The van der Waals surface area contributed by atoms with Crippen LogP contribution in [0, 0.1) is 0 Å². The zero-order valence-corrected chi connectivity index (χ0v) is 11.5. The summed E-state index contributed by atoms with van der Waals surface area (Å²) >= 11 is 0. The molecule has 0 atom stereocenters. The summed E-state index contributed by atoms with van der Waals surface area (Å²) in [6, 6.07) is 19.1. The molecule has 3 aromatic carbocycles. The first-order valence-electron chi connectivity index (χ1n) is 6.59. The molecule has 0 unspecified atom stereocenters. The molecule has 0 spiro atoms. The van der Waals surface area contributed by atoms with Crippen LogP contribution in [0.25, 0.3) is 21.9 Å². The van der Waals surface area contributed by atoms with Gasteiger partial charge in [-0.05, 0) is 40.1 Å². The molecule has 21 heavy (non-hydrogen) atoms. The molecule has 0 radical (unpaired) electrons. The van der Waals surface area contributed by atoms with Crippen LogP contribution in [0.3, 0.4) is 0 Å². The van der Waals surface area contributed by atoms with E-state index < -0.39 is 5.97 Å². The number of hydrogen-bond donors (Lipinski definition) is 1. The van der Waals surface area contributed by atoms with Gasteiger partial charge in [0.2, 0.25) is 0 Å². The largest absolute Gasteiger partial charge is 0.497 e. The number of hydrogen-bond acceptors (Lipinski definition) is 2. The minimum atomic E-state index is -0.963. The van der Waals surface area contributed by atoms with Gasteiger partial charge in [0, 0.05) is 0 Å². The van der Waals surface area contributed by atoms with E-state index >= 15 is 0 Å². The average molecular weight is 278 g/mol. The molecule has 3 nitrogen and oxygen atoms in total. The third-order valence-electron chi connectivity index (χ3n) is 3.49. The summed E-state index contributed by atoms with van der Waals surface area (Å²) < 4.78 is 5.22. The maximum atomic E-state index is 11.3. The lowest BCUT2D eigenvalue weighted by Crippen LogP contribution is -1.98. The van der Waals surface area contributed by atoms with Crippen LogP contribution in [-0.2, 0) is 0 Å². The van der Waals surface area contributed by atoms with Crippen molar-refractivity contribution < 1.29 is 14.6 Å². The van der Waals surface area contributed by atoms with Gasteiger partial charge in [0.1, 0.15) is 5.75 Å². The fraction of sp³-hybridized carbons (Fsp3) is 0.0556. The number of carboxylic acids is 1. The molecule has 3 rings (SSSR count). The highest BCUT2D eigenvalue weighted by Crippen LogP contribution is 2.31. The Labute approximate surface area is 122 Å². The second kappa shape index (κ2) is 5.29. The van der Waals surface area contributed by atoms with Gasteiger partial charge in [-0.2, -0.15) is 0 Å². The van der Waals surface area contributed by atoms with Crippen molar-refractivity contribution in [3.63, 3.8) is 0 Å². The Hall–Kier alpha value is -2.81. The van der Waals surface area contributed by atoms with E-state index in [0.29, 0.717) is 5.75 Å². The van der Waals surface area contributed by atoms with Crippen molar-refractivity contribution in [1.82, 2.24) is 0 Å². The number of benzene rings is 3. The smallest absolute Gasteiger partial charge is 0.335 e. The predicted molar refractivity (Wildman–Crippen MR) is 82.9 cm³/mol. The van der Waals surface area contributed by atoms with E-state index in [-0.39, 0.29) is 5.56 Å². The lowest BCUT2D eigenvalue weighted by atomic mass is 9.97. The van der Waals surface area contributed by atoms with Gasteiger partial charge in [0.25, 0.3) is 0 Å². The molecular weight excluding hydrogens is 264 g/mol. The van der Waals surface area contributed by atoms with Crippen LogP contribution >= 0.6 is 0 Å². The second-order valence-electron chi connectivity index (χ2n) is 4.78. The van der Waals surface area contributed by atoms with E-state index in [0.717, 1.165) is 21.9 Å². The van der Waals surface area contributed by atoms with E-state index in [4.69, 9.17) is 4.74 Å². The van der Waals surface area contributed by atoms with E-state index in [1.54, 1.807) is 6.07 Å². The topological polar surface area (TPSA) is 46.5 Å². The Morgan fingerprint density at radius 1 is 1.00 bits per heavy atom. The molecule has 0 aliphatic heterocycles. The summed E-state index contributed by atoms with van der Waals surface area (Å²) in [5.74, 6) is -0.423. The molecule has 0 aliphatic rings. The molecule has 0 amide bonds. The minimum absolute atomic E-state index is 0.220. The molecule has 0 saturated carbocycles. The fourth-order valence-corrected chi connectivity index (χ4v) is 2.47. The van der Waals surface area contributed by atoms with Crippen molar-refractivity contribution in [2.24, 2.45) is 0 Å². The summed E-state index contributed by atoms with van der Waals surface area (Å²) in [4.78, 5) is 11.3. The van der Waals surface area contributed by atoms with Crippen molar-refractivity contribution in [3.8, 4) is 16.9 Å². The number of methoxy groups -OCH3 is 1. The Kier molecular flexibility index (Phi) is 3.32. The normalized spacial score (nSPS) is 10.5. The van der Waals surface area contributed by atoms with Crippen molar-refractivity contribution in [2.75, 3.05) is 7.11 Å². The molecule has 1 N–H and O–H groups in total. The first kappa shape index (κ1) is 13.2. The standard InChI is InChI=1S/C18H14O3/c1-21-15-10-13(9-14(11-15)18(19)20)17-8-4-6-12-5-2-3-7-16(12)17/h2-11H,1H3,(H,19,20). The zero-order chi connectivity index (χ0) is 14.8. The van der Waals surface area contributed by atoms with Gasteiger partial charge in [-0.25, -0.2) is 4.79 Å². The van der Waals surface area contributed by atoms with Crippen molar-refractivity contribution in [1.29, 1.82) is 0 Å². The SMILES string of the molecule is COc1cc(C(=O)O)cc(-c2cccc3ccccc23)c1. The van der Waals surface area contributed by atoms with Gasteiger partial charge in [0.15, 0.2) is 0 Å². The van der Waals surface area contributed by atoms with Crippen LogP contribution in [0.15, 0.2) is 60.7 Å². The number of rotatable bonds is 3. The predicted octanol–water partition coefficient (Wildman–Crippen LogP) is 4.21. The van der Waals surface area contributed by atoms with Gasteiger partial charge in [0.05, 0.1) is 12.7 Å². The lowest BCUT2D eigenvalue weighted by Gasteiger charge is -2.10. The summed E-state index contributed by atoms with van der Waals surface area (Å²) in [7, 11) is 1.54. The summed E-state index contributed by atoms with van der Waals surface area (Å²) in [6.07, 6.45) is 0. The average Bonchev–Trinajstić information content (AvgIpc) is 2.53. The quantitative estimate of drug-likeness (QED) is 0.780. The van der Waals surface area contributed by atoms with Gasteiger partial charge < -0.3 is 9.84 Å². The minimum Gasteiger partial charge on any atom is -0.497 e. The van der Waals surface area contributed by atoms with Crippen LogP contribution in [0.5, 0.6) is 5.75 Å². The Morgan fingerprint density at radius 3 is 2.52 bits per heavy atom. The summed E-state index contributed by atoms with van der Waals surface area (Å²) in [5, 5.41) is 11.4. The second-order valence-corrected chi connectivity index (χ2v) is 4.78. The Bertz CT molecular complexity index is 816. The van der Waals surface area contributed by atoms with E-state index in [9.17, 15) is 9.90 Å². The third kappa shape index (κ3) is 2.46. The molecule has 104 valence electrons. The summed E-state index contributed by atoms with van der Waals surface area (Å²) in [5.41, 5.74) is 2.05. The van der Waals surface area contributed by atoms with Crippen LogP contribution in [0.4, 0.5) is 0 Å². The number of carboxylic acid groups (broad SMARTS) is 1. The van der Waals surface area contributed by atoms with Gasteiger partial charge in [-0.15, -0.1) is 0 Å². The van der Waals surface area contributed by atoms with Crippen molar-refractivity contribution >= 4 is 16.7 Å². The summed E-state index contributed by atoms with van der Waals surface area (Å²) in [6.45, 7) is 0. The Balaban J connectivity index is 2.27. The zero-order valence-electron chi connectivity index (χ0n) is 11.5. The first-order valence-corrected chi connectivity index (χ1v) is 6.59. The number of ether oxygens (including phenoxy) is 1. The van der Waals surface area contributed by atoms with E-state index in [2.05, 4.69) is 0 Å². The highest BCUT2D eigenvalue weighted by atomic mass is 16.5. The van der Waals surface area contributed by atoms with Crippen LogP contribution < -0.4 is 4.74 Å². The Morgan fingerprint density at radius 2 is 1.76 bits per heavy atom. The van der Waals surface area contributed by atoms with E-state index in [1.807, 2.05) is 48.5 Å². The van der Waals surface area contributed by atoms with Crippen LogP contribution in [0.2, 0.25) is 0 Å². The molecule has 3 heteroatoms. The third-order valence-corrected chi connectivity index (χ3v) is 3.49. The van der Waals surface area contributed by atoms with Crippen LogP contribution in [-0.4, -0.2) is 18.2 Å². The molecule has 0 bridgehead atoms. The molecule has 0 aliphatic carbocycles. The number of carbonyl (C=O) groups is 1. The first-order chi connectivity index (χ1) is 10.2. The van der Waals surface area contributed by atoms with Crippen molar-refractivity contribution in [2.45, 2.75) is 0 Å². The van der Waals surface area contributed by atoms with Crippen LogP contribution in [0.1, 0.15) is 10.4 Å². The monoisotopic (exact) mass is 278 g/mol. The fourth-order valence-electron chi connectivity index (χ4n) is 2.47. The maximum Gasteiger partial charge on any atom is 0.335 e. The van der Waals surface area contributed by atoms with Gasteiger partial charge >= 0.3 is 5.97 Å². The molecule has 0 fully saturated rings. The van der Waals surface area contributed by atoms with Crippen molar-refractivity contribution in [3.05, 3.63) is 66.2 Å². The molecular formula is C18H14O3. The maximum absolute atomic E-state index is 11.3. The highest BCUT2D eigenvalue weighted by molar-refractivity contribution is 5.98. The molecule has 0 aromatic heterocycles. The lowest BCUT2D eigenvalue weighted by molar-refractivity contribution is 0.0696. The van der Waals surface area contributed by atoms with Gasteiger partial charge in [-0.1, -0.05) is 42.5 Å². The molecule has 0 saturated heterocycles. The molecule has 3 aromatic rings. The van der Waals surface area contributed by atoms with E-state index in [1.165, 1.54) is 13.2 Å².